The molecule has 5 heteroatoms. The second-order valence-corrected chi connectivity index (χ2v) is 6.37. The van der Waals surface area contributed by atoms with Crippen molar-refractivity contribution < 1.29 is 14.3 Å². The summed E-state index contributed by atoms with van der Waals surface area (Å²) in [5, 5.41) is 0.672. The highest BCUT2D eigenvalue weighted by Crippen LogP contribution is 2.35. The smallest absolute Gasteiger partial charge is 0.415 e. The number of methoxy groups -OCH3 is 1. The summed E-state index contributed by atoms with van der Waals surface area (Å²) in [5.41, 5.74) is 1.38. The number of rotatable bonds is 2. The minimum atomic E-state index is -0.524. The minimum Gasteiger partial charge on any atom is -0.443 e. The van der Waals surface area contributed by atoms with Gasteiger partial charge in [-0.2, -0.15) is 0 Å². The average molecular weight is 298 g/mol. The van der Waals surface area contributed by atoms with Crippen LogP contribution in [0.2, 0.25) is 5.02 Å². The molecule has 0 N–H and O–H groups in total. The molecular weight excluding hydrogens is 278 g/mol. The van der Waals surface area contributed by atoms with Crippen LogP contribution in [0.1, 0.15) is 26.3 Å². The zero-order valence-corrected chi connectivity index (χ0v) is 13.0. The number of carbonyl (C=O) groups excluding carboxylic acids is 1. The maximum absolute atomic E-state index is 12.4. The summed E-state index contributed by atoms with van der Waals surface area (Å²) >= 11 is 6.02. The van der Waals surface area contributed by atoms with Crippen LogP contribution in [0.15, 0.2) is 18.2 Å². The fraction of sp³-hybridized carbons (Fsp3) is 0.533. The van der Waals surface area contributed by atoms with Crippen molar-refractivity contribution in [2.75, 3.05) is 18.6 Å². The van der Waals surface area contributed by atoms with Gasteiger partial charge < -0.3 is 9.47 Å². The Labute approximate surface area is 124 Å². The Hall–Kier alpha value is -1.26. The van der Waals surface area contributed by atoms with Gasteiger partial charge in [-0.1, -0.05) is 11.6 Å². The Bertz CT molecular complexity index is 510. The van der Waals surface area contributed by atoms with Crippen LogP contribution in [0.3, 0.4) is 0 Å². The topological polar surface area (TPSA) is 38.8 Å². The summed E-state index contributed by atoms with van der Waals surface area (Å²) in [6.07, 6.45) is 0.379. The van der Waals surface area contributed by atoms with E-state index < -0.39 is 5.60 Å². The number of hydrogen-bond donors (Lipinski definition) is 0. The van der Waals surface area contributed by atoms with Gasteiger partial charge in [0.15, 0.2) is 0 Å². The van der Waals surface area contributed by atoms with Gasteiger partial charge in [-0.25, -0.2) is 4.79 Å². The molecule has 0 spiro atoms. The Balaban J connectivity index is 2.30. The number of fused-ring (bicyclic) bond motifs is 1. The van der Waals surface area contributed by atoms with Crippen LogP contribution in [0.5, 0.6) is 0 Å². The van der Waals surface area contributed by atoms with Crippen molar-refractivity contribution in [3.63, 3.8) is 0 Å². The SMILES string of the molecule is COCC1Cc2cc(Cl)ccc2N1C(=O)OC(C)(C)C. The zero-order chi connectivity index (χ0) is 14.9. The number of hydrogen-bond acceptors (Lipinski definition) is 3. The van der Waals surface area contributed by atoms with E-state index in [0.717, 1.165) is 17.7 Å². The highest BCUT2D eigenvalue weighted by atomic mass is 35.5. The van der Waals surface area contributed by atoms with Gasteiger partial charge in [0.1, 0.15) is 5.60 Å². The van der Waals surface area contributed by atoms with Crippen LogP contribution in [0.4, 0.5) is 10.5 Å². The van der Waals surface area contributed by atoms with Crippen LogP contribution in [0.25, 0.3) is 0 Å². The zero-order valence-electron chi connectivity index (χ0n) is 12.3. The monoisotopic (exact) mass is 297 g/mol. The molecule has 1 aromatic rings. The second kappa shape index (κ2) is 5.62. The van der Waals surface area contributed by atoms with Gasteiger partial charge in [0.25, 0.3) is 0 Å². The molecule has 110 valence electrons. The van der Waals surface area contributed by atoms with E-state index >= 15 is 0 Å². The summed E-state index contributed by atoms with van der Waals surface area (Å²) in [4.78, 5) is 14.1. The molecule has 0 saturated heterocycles. The molecule has 1 heterocycles. The molecule has 1 unspecified atom stereocenters. The van der Waals surface area contributed by atoms with E-state index in [-0.39, 0.29) is 12.1 Å². The number of anilines is 1. The molecule has 1 aliphatic heterocycles. The lowest BCUT2D eigenvalue weighted by atomic mass is 10.1. The number of amides is 1. The Morgan fingerprint density at radius 3 is 2.75 bits per heavy atom. The van der Waals surface area contributed by atoms with Crippen LogP contribution < -0.4 is 4.90 Å². The van der Waals surface area contributed by atoms with E-state index in [4.69, 9.17) is 21.1 Å². The molecule has 0 aliphatic carbocycles. The van der Waals surface area contributed by atoms with Crippen LogP contribution in [-0.2, 0) is 15.9 Å². The highest BCUT2D eigenvalue weighted by Gasteiger charge is 2.36. The van der Waals surface area contributed by atoms with Crippen molar-refractivity contribution in [1.82, 2.24) is 0 Å². The Kier molecular flexibility index (Phi) is 4.25. The summed E-state index contributed by atoms with van der Waals surface area (Å²) in [7, 11) is 1.63. The van der Waals surface area contributed by atoms with Crippen molar-refractivity contribution in [3.05, 3.63) is 28.8 Å². The summed E-state index contributed by atoms with van der Waals surface area (Å²) < 4.78 is 10.7. The molecule has 0 saturated carbocycles. The highest BCUT2D eigenvalue weighted by molar-refractivity contribution is 6.30. The molecule has 0 fully saturated rings. The van der Waals surface area contributed by atoms with Crippen LogP contribution >= 0.6 is 11.6 Å². The van der Waals surface area contributed by atoms with E-state index in [2.05, 4.69) is 0 Å². The van der Waals surface area contributed by atoms with E-state index in [0.29, 0.717) is 11.6 Å². The van der Waals surface area contributed by atoms with Gasteiger partial charge in [0, 0.05) is 12.1 Å². The summed E-state index contributed by atoms with van der Waals surface area (Å²) in [6.45, 7) is 6.03. The maximum Gasteiger partial charge on any atom is 0.415 e. The molecule has 1 atom stereocenters. The molecule has 1 aliphatic rings. The molecule has 1 aromatic carbocycles. The van der Waals surface area contributed by atoms with Crippen molar-refractivity contribution in [2.24, 2.45) is 0 Å². The first-order chi connectivity index (χ1) is 9.31. The summed E-state index contributed by atoms with van der Waals surface area (Å²) in [5.74, 6) is 0. The molecule has 0 radical (unpaired) electrons. The second-order valence-electron chi connectivity index (χ2n) is 5.94. The first-order valence-electron chi connectivity index (χ1n) is 6.61. The molecular formula is C15H20ClNO3. The normalized spacial score (nSPS) is 18.1. The Morgan fingerprint density at radius 2 is 2.15 bits per heavy atom. The number of carbonyl (C=O) groups is 1. The third-order valence-corrected chi connectivity index (χ3v) is 3.31. The van der Waals surface area contributed by atoms with Gasteiger partial charge in [0.2, 0.25) is 0 Å². The largest absolute Gasteiger partial charge is 0.443 e. The van der Waals surface area contributed by atoms with Gasteiger partial charge >= 0.3 is 6.09 Å². The minimum absolute atomic E-state index is 0.0525. The maximum atomic E-state index is 12.4. The predicted molar refractivity (Wildman–Crippen MR) is 79.5 cm³/mol. The molecule has 0 aromatic heterocycles. The van der Waals surface area contributed by atoms with E-state index in [9.17, 15) is 4.79 Å². The van der Waals surface area contributed by atoms with Crippen LogP contribution in [-0.4, -0.2) is 31.5 Å². The van der Waals surface area contributed by atoms with E-state index in [1.807, 2.05) is 32.9 Å². The number of halogens is 1. The molecule has 4 nitrogen and oxygen atoms in total. The van der Waals surface area contributed by atoms with Crippen molar-refractivity contribution in [1.29, 1.82) is 0 Å². The fourth-order valence-corrected chi connectivity index (χ4v) is 2.57. The number of benzene rings is 1. The van der Waals surface area contributed by atoms with Gasteiger partial charge in [-0.3, -0.25) is 4.90 Å². The van der Waals surface area contributed by atoms with Gasteiger partial charge in [-0.05, 0) is 51.0 Å². The first kappa shape index (κ1) is 15.1. The predicted octanol–water partition coefficient (Wildman–Crippen LogP) is 3.65. The average Bonchev–Trinajstić information content (AvgIpc) is 2.64. The lowest BCUT2D eigenvalue weighted by molar-refractivity contribution is 0.0548. The molecule has 20 heavy (non-hydrogen) atoms. The van der Waals surface area contributed by atoms with Crippen molar-refractivity contribution in [2.45, 2.75) is 38.8 Å². The first-order valence-corrected chi connectivity index (χ1v) is 6.99. The summed E-state index contributed by atoms with van der Waals surface area (Å²) in [6, 6.07) is 5.48. The van der Waals surface area contributed by atoms with E-state index in [1.54, 1.807) is 18.1 Å². The third-order valence-electron chi connectivity index (χ3n) is 3.07. The molecule has 2 rings (SSSR count). The van der Waals surface area contributed by atoms with Crippen molar-refractivity contribution >= 4 is 23.4 Å². The fourth-order valence-electron chi connectivity index (χ4n) is 2.38. The standard InChI is InChI=1S/C15H20ClNO3/c1-15(2,3)20-14(18)17-12(9-19-4)8-10-7-11(16)5-6-13(10)17/h5-7,12H,8-9H2,1-4H3. The number of ether oxygens (including phenoxy) is 2. The van der Waals surface area contributed by atoms with Crippen LogP contribution in [0, 0.1) is 0 Å². The molecule has 0 bridgehead atoms. The van der Waals surface area contributed by atoms with Crippen molar-refractivity contribution in [3.8, 4) is 0 Å². The van der Waals surface area contributed by atoms with Gasteiger partial charge in [0.05, 0.1) is 18.3 Å². The molecule has 1 amide bonds. The lowest BCUT2D eigenvalue weighted by Gasteiger charge is -2.28. The third kappa shape index (κ3) is 3.25. The van der Waals surface area contributed by atoms with E-state index in [1.165, 1.54) is 0 Å². The quantitative estimate of drug-likeness (QED) is 0.836. The lowest BCUT2D eigenvalue weighted by Crippen LogP contribution is -2.43. The Morgan fingerprint density at radius 1 is 1.45 bits per heavy atom. The number of nitrogens with zero attached hydrogens (tertiary/aromatic N) is 1. The van der Waals surface area contributed by atoms with Gasteiger partial charge in [-0.15, -0.1) is 0 Å².